The fourth-order valence-corrected chi connectivity index (χ4v) is 4.01. The number of rotatable bonds is 4. The van der Waals surface area contributed by atoms with E-state index in [2.05, 4.69) is 24.3 Å². The van der Waals surface area contributed by atoms with Gasteiger partial charge in [0.25, 0.3) is 0 Å². The topological polar surface area (TPSA) is 33.2 Å². The van der Waals surface area contributed by atoms with Crippen molar-refractivity contribution in [1.29, 1.82) is 0 Å². The number of pyridine rings is 1. The third-order valence-electron chi connectivity index (χ3n) is 4.05. The summed E-state index contributed by atoms with van der Waals surface area (Å²) in [5.41, 5.74) is 3.11. The van der Waals surface area contributed by atoms with Crippen molar-refractivity contribution < 1.29 is 4.79 Å². The van der Waals surface area contributed by atoms with E-state index in [4.69, 9.17) is 4.98 Å². The monoisotopic (exact) mass is 350 g/mol. The van der Waals surface area contributed by atoms with Crippen LogP contribution in [-0.2, 0) is 4.79 Å². The van der Waals surface area contributed by atoms with Crippen LogP contribution < -0.4 is 0 Å². The molecule has 0 N–H and O–H groups in total. The van der Waals surface area contributed by atoms with E-state index in [0.717, 1.165) is 27.1 Å². The second kappa shape index (κ2) is 6.89. The number of hydrogen-bond acceptors (Lipinski definition) is 3. The average molecular weight is 350 g/mol. The van der Waals surface area contributed by atoms with Gasteiger partial charge in [-0.2, -0.15) is 0 Å². The molecule has 0 aliphatic rings. The van der Waals surface area contributed by atoms with Gasteiger partial charge < -0.3 is 4.90 Å². The van der Waals surface area contributed by atoms with E-state index >= 15 is 0 Å². The molecular weight excluding hydrogens is 328 g/mol. The number of amides is 1. The normalized spacial score (nSPS) is 11.5. The maximum Gasteiger partial charge on any atom is 0.238 e. The molecule has 0 fully saturated rings. The molecule has 1 aromatic heterocycles. The van der Waals surface area contributed by atoms with E-state index in [0.29, 0.717) is 0 Å². The largest absolute Gasteiger partial charge is 0.348 e. The summed E-state index contributed by atoms with van der Waals surface area (Å²) >= 11 is 1.52. The highest BCUT2D eigenvalue weighted by molar-refractivity contribution is 8.01. The molecule has 1 heterocycles. The Bertz CT molecular complexity index is 904. The summed E-state index contributed by atoms with van der Waals surface area (Å²) in [4.78, 5) is 19.1. The van der Waals surface area contributed by atoms with Gasteiger partial charge in [-0.1, -0.05) is 60.3 Å². The van der Waals surface area contributed by atoms with Crippen molar-refractivity contribution in [1.82, 2.24) is 9.88 Å². The second-order valence-corrected chi connectivity index (χ2v) is 8.32. The van der Waals surface area contributed by atoms with Crippen LogP contribution in [0.3, 0.4) is 0 Å². The lowest BCUT2D eigenvalue weighted by atomic mass is 10.1. The molecule has 0 spiro atoms. The van der Waals surface area contributed by atoms with Gasteiger partial charge in [0.15, 0.2) is 0 Å². The van der Waals surface area contributed by atoms with E-state index < -0.39 is 4.75 Å². The molecule has 128 valence electrons. The minimum absolute atomic E-state index is 0.0754. The summed E-state index contributed by atoms with van der Waals surface area (Å²) in [6, 6.07) is 20.5. The predicted molar refractivity (Wildman–Crippen MR) is 106 cm³/mol. The molecule has 0 aliphatic heterocycles. The van der Waals surface area contributed by atoms with Crippen LogP contribution in [0.4, 0.5) is 0 Å². The number of benzene rings is 2. The van der Waals surface area contributed by atoms with Crippen LogP contribution in [0.15, 0.2) is 65.7 Å². The first-order chi connectivity index (χ1) is 11.9. The molecule has 3 rings (SSSR count). The number of nitrogens with zero attached hydrogens (tertiary/aromatic N) is 2. The molecule has 1 amide bonds. The number of fused-ring (bicyclic) bond motifs is 1. The summed E-state index contributed by atoms with van der Waals surface area (Å²) in [5, 5.41) is 1.98. The van der Waals surface area contributed by atoms with Crippen molar-refractivity contribution in [3.63, 3.8) is 0 Å². The molecule has 0 radical (unpaired) electrons. The quantitative estimate of drug-likeness (QED) is 0.630. The number of hydrogen-bond donors (Lipinski definition) is 0. The lowest BCUT2D eigenvalue weighted by Gasteiger charge is -2.27. The molecule has 0 saturated heterocycles. The van der Waals surface area contributed by atoms with Crippen LogP contribution in [0.1, 0.15) is 13.8 Å². The molecule has 2 aromatic carbocycles. The Morgan fingerprint density at radius 1 is 1.00 bits per heavy atom. The molecule has 3 nitrogen and oxygen atoms in total. The summed E-state index contributed by atoms with van der Waals surface area (Å²) in [6.45, 7) is 3.90. The SMILES string of the molecule is CN(C)C(=O)C(C)(C)Sc1nc2ccccc2cc1-c1ccccc1. The standard InChI is InChI=1S/C21H22N2OS/c1-21(2,20(24)23(3)4)25-19-17(15-10-6-5-7-11-15)14-16-12-8-9-13-18(16)22-19/h5-14H,1-4H3. The van der Waals surface area contributed by atoms with Crippen LogP contribution in [0.25, 0.3) is 22.0 Å². The van der Waals surface area contributed by atoms with Crippen LogP contribution in [0, 0.1) is 0 Å². The van der Waals surface area contributed by atoms with Gasteiger partial charge in [0, 0.05) is 25.0 Å². The average Bonchev–Trinajstić information content (AvgIpc) is 2.60. The number of carbonyl (C=O) groups excluding carboxylic acids is 1. The van der Waals surface area contributed by atoms with Crippen molar-refractivity contribution in [3.8, 4) is 11.1 Å². The van der Waals surface area contributed by atoms with E-state index in [-0.39, 0.29) is 5.91 Å². The predicted octanol–water partition coefficient (Wildman–Crippen LogP) is 4.86. The Morgan fingerprint density at radius 3 is 2.32 bits per heavy atom. The van der Waals surface area contributed by atoms with Crippen LogP contribution in [-0.4, -0.2) is 34.6 Å². The van der Waals surface area contributed by atoms with Gasteiger partial charge in [-0.25, -0.2) is 4.98 Å². The van der Waals surface area contributed by atoms with Gasteiger partial charge in [-0.05, 0) is 31.5 Å². The zero-order chi connectivity index (χ0) is 18.0. The van der Waals surface area contributed by atoms with Gasteiger partial charge in [0.2, 0.25) is 5.91 Å². The smallest absolute Gasteiger partial charge is 0.238 e. The fraction of sp³-hybridized carbons (Fsp3) is 0.238. The Hall–Kier alpha value is -2.33. The molecule has 0 bridgehead atoms. The fourth-order valence-electron chi connectivity index (χ4n) is 2.82. The number of carbonyl (C=O) groups is 1. The molecule has 3 aromatic rings. The van der Waals surface area contributed by atoms with E-state index in [1.165, 1.54) is 11.8 Å². The Kier molecular flexibility index (Phi) is 4.82. The summed E-state index contributed by atoms with van der Waals surface area (Å²) in [5.74, 6) is 0.0754. The highest BCUT2D eigenvalue weighted by atomic mass is 32.2. The Balaban J connectivity index is 2.14. The zero-order valence-corrected chi connectivity index (χ0v) is 15.8. The molecule has 0 saturated carbocycles. The van der Waals surface area contributed by atoms with Crippen molar-refractivity contribution in [2.24, 2.45) is 0 Å². The summed E-state index contributed by atoms with van der Waals surface area (Å²) in [6.07, 6.45) is 0. The molecule has 0 aliphatic carbocycles. The minimum atomic E-state index is -0.595. The first-order valence-corrected chi connectivity index (χ1v) is 9.06. The zero-order valence-electron chi connectivity index (χ0n) is 15.0. The van der Waals surface area contributed by atoms with E-state index in [1.807, 2.05) is 50.2 Å². The third-order valence-corrected chi connectivity index (χ3v) is 5.24. The van der Waals surface area contributed by atoms with Crippen molar-refractivity contribution in [2.75, 3.05) is 14.1 Å². The van der Waals surface area contributed by atoms with Gasteiger partial charge in [-0.15, -0.1) is 0 Å². The van der Waals surface area contributed by atoms with Crippen LogP contribution >= 0.6 is 11.8 Å². The molecule has 0 unspecified atom stereocenters. The maximum absolute atomic E-state index is 12.6. The Labute approximate surface area is 153 Å². The maximum atomic E-state index is 12.6. The summed E-state index contributed by atoms with van der Waals surface area (Å²) < 4.78 is -0.595. The van der Waals surface area contributed by atoms with Gasteiger partial charge in [0.05, 0.1) is 10.3 Å². The van der Waals surface area contributed by atoms with E-state index in [1.54, 1.807) is 19.0 Å². The first kappa shape index (κ1) is 17.5. The number of aromatic nitrogens is 1. The van der Waals surface area contributed by atoms with Gasteiger partial charge in [0.1, 0.15) is 5.03 Å². The first-order valence-electron chi connectivity index (χ1n) is 8.24. The molecule has 25 heavy (non-hydrogen) atoms. The van der Waals surface area contributed by atoms with Crippen molar-refractivity contribution >= 4 is 28.6 Å². The molecular formula is C21H22N2OS. The Morgan fingerprint density at radius 2 is 1.64 bits per heavy atom. The van der Waals surface area contributed by atoms with Crippen molar-refractivity contribution in [3.05, 3.63) is 60.7 Å². The van der Waals surface area contributed by atoms with Crippen LogP contribution in [0.2, 0.25) is 0 Å². The highest BCUT2D eigenvalue weighted by Gasteiger charge is 2.32. The van der Waals surface area contributed by atoms with Gasteiger partial charge in [-0.3, -0.25) is 4.79 Å². The van der Waals surface area contributed by atoms with Gasteiger partial charge >= 0.3 is 0 Å². The highest BCUT2D eigenvalue weighted by Crippen LogP contribution is 2.39. The third kappa shape index (κ3) is 3.69. The number of para-hydroxylation sites is 1. The van der Waals surface area contributed by atoms with E-state index in [9.17, 15) is 4.79 Å². The lowest BCUT2D eigenvalue weighted by Crippen LogP contribution is -2.38. The minimum Gasteiger partial charge on any atom is -0.348 e. The second-order valence-electron chi connectivity index (χ2n) is 6.71. The van der Waals surface area contributed by atoms with Crippen LogP contribution in [0.5, 0.6) is 0 Å². The number of thioether (sulfide) groups is 1. The molecule has 0 atom stereocenters. The van der Waals surface area contributed by atoms with Crippen molar-refractivity contribution in [2.45, 2.75) is 23.6 Å². The summed E-state index contributed by atoms with van der Waals surface area (Å²) in [7, 11) is 3.58. The lowest BCUT2D eigenvalue weighted by molar-refractivity contribution is -0.130. The molecule has 4 heteroatoms.